The highest BCUT2D eigenvalue weighted by Gasteiger charge is 2.18. The summed E-state index contributed by atoms with van der Waals surface area (Å²) in [4.78, 5) is 30.6. The molecule has 0 bridgehead atoms. The van der Waals surface area contributed by atoms with Gasteiger partial charge in [0.2, 0.25) is 5.91 Å². The van der Waals surface area contributed by atoms with E-state index in [4.69, 9.17) is 4.74 Å². The largest absolute Gasteiger partial charge is 0.495 e. The van der Waals surface area contributed by atoms with E-state index in [1.165, 1.54) is 27.7 Å². The first kappa shape index (κ1) is 21.1. The van der Waals surface area contributed by atoms with Gasteiger partial charge in [-0.2, -0.15) is 0 Å². The Morgan fingerprint density at radius 2 is 2.00 bits per heavy atom. The summed E-state index contributed by atoms with van der Waals surface area (Å²) in [7, 11) is 1.56. The molecule has 158 valence electrons. The smallest absolute Gasteiger partial charge is 0.276 e. The molecule has 0 fully saturated rings. The minimum Gasteiger partial charge on any atom is -0.495 e. The summed E-state index contributed by atoms with van der Waals surface area (Å²) in [5, 5.41) is 5.23. The molecule has 0 saturated heterocycles. The molecule has 2 aromatic carbocycles. The van der Waals surface area contributed by atoms with E-state index in [9.17, 15) is 9.59 Å². The molecule has 0 aliphatic heterocycles. The zero-order chi connectivity index (χ0) is 22.0. The van der Waals surface area contributed by atoms with Gasteiger partial charge in [0.15, 0.2) is 5.16 Å². The zero-order valence-corrected chi connectivity index (χ0v) is 19.0. The van der Waals surface area contributed by atoms with Crippen molar-refractivity contribution in [1.29, 1.82) is 0 Å². The van der Waals surface area contributed by atoms with Crippen LogP contribution in [0.5, 0.6) is 5.75 Å². The number of thiophene rings is 1. The molecule has 8 heteroatoms. The van der Waals surface area contributed by atoms with Crippen molar-refractivity contribution in [1.82, 2.24) is 9.55 Å². The number of ether oxygens (including phenoxy) is 1. The Balaban J connectivity index is 1.68. The molecule has 0 saturated carbocycles. The predicted octanol–water partition coefficient (Wildman–Crippen LogP) is 4.80. The molecule has 0 unspecified atom stereocenters. The standard InChI is InChI=1S/C23H21N3O3S2/c1-14-8-9-15(2)17(12-14)24-20(27)13-31-23-25-16-10-11-30-21(16)22(28)26(23)18-6-4-5-7-19(18)29-3/h4-12H,13H2,1-3H3,(H,24,27). The van der Waals surface area contributed by atoms with Gasteiger partial charge in [-0.3, -0.25) is 14.2 Å². The number of carbonyl (C=O) groups is 1. The van der Waals surface area contributed by atoms with Crippen LogP contribution in [0.2, 0.25) is 0 Å². The zero-order valence-electron chi connectivity index (χ0n) is 17.3. The number of nitrogens with one attached hydrogen (secondary N) is 1. The van der Waals surface area contributed by atoms with E-state index in [0.29, 0.717) is 26.8 Å². The molecule has 1 N–H and O–H groups in total. The second kappa shape index (κ2) is 8.95. The number of hydrogen-bond donors (Lipinski definition) is 1. The number of para-hydroxylation sites is 2. The Morgan fingerprint density at radius 1 is 1.19 bits per heavy atom. The Labute approximate surface area is 187 Å². The van der Waals surface area contributed by atoms with Gasteiger partial charge in [0, 0.05) is 5.69 Å². The summed E-state index contributed by atoms with van der Waals surface area (Å²) >= 11 is 2.57. The molecule has 0 atom stereocenters. The molecule has 2 heterocycles. The van der Waals surface area contributed by atoms with Crippen LogP contribution in [0, 0.1) is 13.8 Å². The highest BCUT2D eigenvalue weighted by molar-refractivity contribution is 7.99. The van der Waals surface area contributed by atoms with Crippen molar-refractivity contribution in [2.24, 2.45) is 0 Å². The van der Waals surface area contributed by atoms with Gasteiger partial charge < -0.3 is 10.1 Å². The second-order valence-electron chi connectivity index (χ2n) is 7.00. The number of carbonyl (C=O) groups excluding carboxylic acids is 1. The van der Waals surface area contributed by atoms with E-state index in [2.05, 4.69) is 10.3 Å². The van der Waals surface area contributed by atoms with Gasteiger partial charge in [-0.1, -0.05) is 36.0 Å². The molecule has 6 nitrogen and oxygen atoms in total. The number of aromatic nitrogens is 2. The Bertz CT molecular complexity index is 1330. The van der Waals surface area contributed by atoms with Crippen molar-refractivity contribution < 1.29 is 9.53 Å². The molecule has 2 aromatic heterocycles. The van der Waals surface area contributed by atoms with E-state index < -0.39 is 0 Å². The quantitative estimate of drug-likeness (QED) is 0.337. The number of benzene rings is 2. The van der Waals surface area contributed by atoms with Gasteiger partial charge in [-0.25, -0.2) is 4.98 Å². The van der Waals surface area contributed by atoms with Crippen LogP contribution in [0.15, 0.2) is 63.9 Å². The minimum atomic E-state index is -0.179. The molecule has 1 amide bonds. The number of thioether (sulfide) groups is 1. The molecular weight excluding hydrogens is 430 g/mol. The fourth-order valence-electron chi connectivity index (χ4n) is 3.20. The first-order valence-electron chi connectivity index (χ1n) is 9.61. The number of nitrogens with zero attached hydrogens (tertiary/aromatic N) is 2. The van der Waals surface area contributed by atoms with Crippen LogP contribution in [-0.4, -0.2) is 28.3 Å². The van der Waals surface area contributed by atoms with Gasteiger partial charge in [0.25, 0.3) is 5.56 Å². The number of aryl methyl sites for hydroxylation is 2. The lowest BCUT2D eigenvalue weighted by atomic mass is 10.1. The summed E-state index contributed by atoms with van der Waals surface area (Å²) in [5.74, 6) is 0.513. The van der Waals surface area contributed by atoms with E-state index in [1.807, 2.05) is 61.7 Å². The average Bonchev–Trinajstić information content (AvgIpc) is 3.24. The summed E-state index contributed by atoms with van der Waals surface area (Å²) in [6.45, 7) is 3.93. The van der Waals surface area contributed by atoms with Crippen LogP contribution in [0.25, 0.3) is 15.9 Å². The SMILES string of the molecule is COc1ccccc1-n1c(SCC(=O)Nc2cc(C)ccc2C)nc2ccsc2c1=O. The fourth-order valence-corrected chi connectivity index (χ4v) is 4.77. The molecule has 31 heavy (non-hydrogen) atoms. The maximum absolute atomic E-state index is 13.3. The highest BCUT2D eigenvalue weighted by atomic mass is 32.2. The predicted molar refractivity (Wildman–Crippen MR) is 127 cm³/mol. The van der Waals surface area contributed by atoms with Crippen molar-refractivity contribution in [3.8, 4) is 11.4 Å². The van der Waals surface area contributed by atoms with Crippen molar-refractivity contribution in [3.05, 3.63) is 75.4 Å². The van der Waals surface area contributed by atoms with Crippen molar-refractivity contribution in [3.63, 3.8) is 0 Å². The van der Waals surface area contributed by atoms with E-state index in [0.717, 1.165) is 16.8 Å². The van der Waals surface area contributed by atoms with Crippen LogP contribution >= 0.6 is 23.1 Å². The summed E-state index contributed by atoms with van der Waals surface area (Å²) < 4.78 is 7.55. The molecular formula is C23H21N3O3S2. The Morgan fingerprint density at radius 3 is 2.81 bits per heavy atom. The third-order valence-electron chi connectivity index (χ3n) is 4.77. The molecule has 4 rings (SSSR count). The van der Waals surface area contributed by atoms with Crippen LogP contribution in [0.3, 0.4) is 0 Å². The summed E-state index contributed by atoms with van der Waals surface area (Å²) in [6.07, 6.45) is 0. The maximum atomic E-state index is 13.3. The normalized spacial score (nSPS) is 10.9. The lowest BCUT2D eigenvalue weighted by molar-refractivity contribution is -0.113. The lowest BCUT2D eigenvalue weighted by Gasteiger charge is -2.15. The molecule has 0 radical (unpaired) electrons. The number of rotatable bonds is 6. The number of anilines is 1. The molecule has 0 aliphatic carbocycles. The number of methoxy groups -OCH3 is 1. The van der Waals surface area contributed by atoms with Crippen molar-refractivity contribution in [2.45, 2.75) is 19.0 Å². The van der Waals surface area contributed by atoms with Gasteiger partial charge in [0.05, 0.1) is 24.1 Å². The van der Waals surface area contributed by atoms with E-state index in [-0.39, 0.29) is 17.2 Å². The van der Waals surface area contributed by atoms with Crippen molar-refractivity contribution >= 4 is 44.9 Å². The Kier molecular flexibility index (Phi) is 6.11. The topological polar surface area (TPSA) is 73.2 Å². The average molecular weight is 452 g/mol. The van der Waals surface area contributed by atoms with Crippen LogP contribution in [0.1, 0.15) is 11.1 Å². The van der Waals surface area contributed by atoms with Gasteiger partial charge in [-0.05, 0) is 54.6 Å². The maximum Gasteiger partial charge on any atom is 0.276 e. The molecule has 0 aliphatic rings. The summed E-state index contributed by atoms with van der Waals surface area (Å²) in [5.41, 5.74) is 3.89. The van der Waals surface area contributed by atoms with Crippen LogP contribution < -0.4 is 15.6 Å². The summed E-state index contributed by atoms with van der Waals surface area (Å²) in [6, 6.07) is 15.0. The van der Waals surface area contributed by atoms with Crippen molar-refractivity contribution in [2.75, 3.05) is 18.2 Å². The van der Waals surface area contributed by atoms with Gasteiger partial charge in [-0.15, -0.1) is 11.3 Å². The third kappa shape index (κ3) is 4.35. The fraction of sp³-hybridized carbons (Fsp3) is 0.174. The third-order valence-corrected chi connectivity index (χ3v) is 6.60. The minimum absolute atomic E-state index is 0.116. The Hall–Kier alpha value is -3.10. The first-order valence-corrected chi connectivity index (χ1v) is 11.5. The number of amides is 1. The molecule has 4 aromatic rings. The monoisotopic (exact) mass is 451 g/mol. The van der Waals surface area contributed by atoms with E-state index >= 15 is 0 Å². The highest BCUT2D eigenvalue weighted by Crippen LogP contribution is 2.28. The number of fused-ring (bicyclic) bond motifs is 1. The van der Waals surface area contributed by atoms with Crippen LogP contribution in [0.4, 0.5) is 5.69 Å². The van der Waals surface area contributed by atoms with Crippen LogP contribution in [-0.2, 0) is 4.79 Å². The van der Waals surface area contributed by atoms with Gasteiger partial charge in [0.1, 0.15) is 10.4 Å². The molecule has 0 spiro atoms. The number of hydrogen-bond acceptors (Lipinski definition) is 6. The van der Waals surface area contributed by atoms with Gasteiger partial charge >= 0.3 is 0 Å². The lowest BCUT2D eigenvalue weighted by Crippen LogP contribution is -2.22. The van der Waals surface area contributed by atoms with E-state index in [1.54, 1.807) is 13.2 Å². The second-order valence-corrected chi connectivity index (χ2v) is 8.86. The first-order chi connectivity index (χ1) is 15.0.